The number of carbonyl (C=O) groups excluding carboxylic acids is 1. The summed E-state index contributed by atoms with van der Waals surface area (Å²) >= 11 is 1.26. The monoisotopic (exact) mass is 447 g/mol. The summed E-state index contributed by atoms with van der Waals surface area (Å²) in [4.78, 5) is 15.7. The molecule has 160 valence electrons. The van der Waals surface area contributed by atoms with E-state index in [2.05, 4.69) is 20.5 Å². The molecule has 0 aliphatic heterocycles. The van der Waals surface area contributed by atoms with Gasteiger partial charge < -0.3 is 14.7 Å². The Kier molecular flexibility index (Phi) is 5.47. The lowest BCUT2D eigenvalue weighted by atomic mass is 10.1. The van der Waals surface area contributed by atoms with E-state index >= 15 is 0 Å². The quantitative estimate of drug-likeness (QED) is 0.345. The number of furan rings is 1. The number of halogens is 1. The van der Waals surface area contributed by atoms with Gasteiger partial charge in [0.15, 0.2) is 11.0 Å². The lowest BCUT2D eigenvalue weighted by molar-refractivity contribution is -0.113. The van der Waals surface area contributed by atoms with Gasteiger partial charge in [-0.15, -0.1) is 10.2 Å². The molecule has 9 heteroatoms. The minimum atomic E-state index is -0.406. The summed E-state index contributed by atoms with van der Waals surface area (Å²) in [5.74, 6) is 0.850. The van der Waals surface area contributed by atoms with Crippen molar-refractivity contribution < 1.29 is 13.6 Å². The molecule has 5 aromatic rings. The molecule has 0 saturated carbocycles. The number of nitrogens with zero attached hydrogens (tertiary/aromatic N) is 3. The van der Waals surface area contributed by atoms with Crippen LogP contribution < -0.4 is 5.32 Å². The maximum atomic E-state index is 13.4. The van der Waals surface area contributed by atoms with Crippen LogP contribution in [0.15, 0.2) is 82.7 Å². The Labute approximate surface area is 186 Å². The molecule has 0 fully saturated rings. The third-order valence-electron chi connectivity index (χ3n) is 4.88. The molecule has 0 bridgehead atoms. The highest BCUT2D eigenvalue weighted by molar-refractivity contribution is 7.99. The van der Waals surface area contributed by atoms with Gasteiger partial charge in [-0.2, -0.15) is 0 Å². The Morgan fingerprint density at radius 1 is 1.12 bits per heavy atom. The number of benzene rings is 2. The van der Waals surface area contributed by atoms with E-state index in [1.807, 2.05) is 47.2 Å². The van der Waals surface area contributed by atoms with Gasteiger partial charge in [-0.1, -0.05) is 36.0 Å². The van der Waals surface area contributed by atoms with Gasteiger partial charge in [0.2, 0.25) is 5.91 Å². The van der Waals surface area contributed by atoms with Gasteiger partial charge >= 0.3 is 0 Å². The number of hydrogen-bond donors (Lipinski definition) is 2. The molecule has 0 radical (unpaired) electrons. The number of para-hydroxylation sites is 1. The fraction of sp³-hybridized carbons (Fsp3) is 0.0870. The molecular weight excluding hydrogens is 429 g/mol. The Bertz CT molecular complexity index is 1380. The standard InChI is InChI=1S/C23H18FN5O2S/c24-15-5-3-6-16(11-15)26-21(30)14-32-23-28-27-22(29(23)13-17-7-4-10-31-17)19-12-25-20-9-2-1-8-18(19)20/h1-12,25H,13-14H2,(H,26,30). The largest absolute Gasteiger partial charge is 0.467 e. The SMILES string of the molecule is O=C(CSc1nnc(-c2c[nH]c3ccccc23)n1Cc1ccco1)Nc1cccc(F)c1. The zero-order valence-electron chi connectivity index (χ0n) is 16.8. The minimum absolute atomic E-state index is 0.0979. The smallest absolute Gasteiger partial charge is 0.234 e. The predicted octanol–water partition coefficient (Wildman–Crippen LogP) is 4.94. The van der Waals surface area contributed by atoms with Crippen molar-refractivity contribution in [3.63, 3.8) is 0 Å². The second-order valence-electron chi connectivity index (χ2n) is 7.07. The topological polar surface area (TPSA) is 88.7 Å². The predicted molar refractivity (Wildman–Crippen MR) is 121 cm³/mol. The molecular formula is C23H18FN5O2S. The molecule has 0 aliphatic rings. The fourth-order valence-electron chi connectivity index (χ4n) is 3.45. The Balaban J connectivity index is 1.41. The first-order valence-corrected chi connectivity index (χ1v) is 10.9. The van der Waals surface area contributed by atoms with Crippen molar-refractivity contribution in [3.05, 3.63) is 84.7 Å². The van der Waals surface area contributed by atoms with E-state index in [4.69, 9.17) is 4.42 Å². The van der Waals surface area contributed by atoms with Crippen molar-refractivity contribution >= 4 is 34.3 Å². The number of H-pyrrole nitrogens is 1. The summed E-state index contributed by atoms with van der Waals surface area (Å²) < 4.78 is 20.8. The van der Waals surface area contributed by atoms with Crippen LogP contribution in [0.25, 0.3) is 22.3 Å². The Morgan fingerprint density at radius 2 is 2.03 bits per heavy atom. The molecule has 1 amide bonds. The fourth-order valence-corrected chi connectivity index (χ4v) is 4.18. The first kappa shape index (κ1) is 20.1. The number of fused-ring (bicyclic) bond motifs is 1. The molecule has 0 saturated heterocycles. The van der Waals surface area contributed by atoms with Crippen molar-refractivity contribution in [1.29, 1.82) is 0 Å². The van der Waals surface area contributed by atoms with Crippen LogP contribution in [0.3, 0.4) is 0 Å². The van der Waals surface area contributed by atoms with Crippen LogP contribution >= 0.6 is 11.8 Å². The molecule has 0 spiro atoms. The van der Waals surface area contributed by atoms with Crippen LogP contribution in [0.1, 0.15) is 5.76 Å². The van der Waals surface area contributed by atoms with Crippen molar-refractivity contribution in [2.75, 3.05) is 11.1 Å². The lowest BCUT2D eigenvalue weighted by Gasteiger charge is -2.09. The van der Waals surface area contributed by atoms with E-state index in [-0.39, 0.29) is 11.7 Å². The summed E-state index contributed by atoms with van der Waals surface area (Å²) in [6.45, 7) is 0.419. The minimum Gasteiger partial charge on any atom is -0.467 e. The zero-order chi connectivity index (χ0) is 21.9. The van der Waals surface area contributed by atoms with E-state index in [0.29, 0.717) is 23.2 Å². The number of thioether (sulfide) groups is 1. The Hall–Kier alpha value is -3.85. The van der Waals surface area contributed by atoms with E-state index in [1.165, 1.54) is 23.9 Å². The summed E-state index contributed by atoms with van der Waals surface area (Å²) in [5.41, 5.74) is 2.32. The highest BCUT2D eigenvalue weighted by Crippen LogP contribution is 2.30. The Morgan fingerprint density at radius 3 is 2.88 bits per heavy atom. The molecule has 32 heavy (non-hydrogen) atoms. The lowest BCUT2D eigenvalue weighted by Crippen LogP contribution is -2.15. The van der Waals surface area contributed by atoms with Crippen LogP contribution in [-0.2, 0) is 11.3 Å². The van der Waals surface area contributed by atoms with Crippen LogP contribution in [0.2, 0.25) is 0 Å². The van der Waals surface area contributed by atoms with Crippen LogP contribution in [0.4, 0.5) is 10.1 Å². The maximum absolute atomic E-state index is 13.4. The molecule has 2 aromatic carbocycles. The van der Waals surface area contributed by atoms with E-state index < -0.39 is 5.82 Å². The number of aromatic nitrogens is 4. The first-order valence-electron chi connectivity index (χ1n) is 9.87. The van der Waals surface area contributed by atoms with Gasteiger partial charge in [-0.3, -0.25) is 9.36 Å². The normalized spacial score (nSPS) is 11.2. The van der Waals surface area contributed by atoms with Gasteiger partial charge in [0.05, 0.1) is 18.6 Å². The highest BCUT2D eigenvalue weighted by Gasteiger charge is 2.19. The third-order valence-corrected chi connectivity index (χ3v) is 5.85. The number of rotatable bonds is 7. The van der Waals surface area contributed by atoms with E-state index in [1.54, 1.807) is 18.4 Å². The van der Waals surface area contributed by atoms with E-state index in [0.717, 1.165) is 22.2 Å². The molecule has 2 N–H and O–H groups in total. The highest BCUT2D eigenvalue weighted by atomic mass is 32.2. The number of aromatic amines is 1. The first-order chi connectivity index (χ1) is 15.7. The average Bonchev–Trinajstić information content (AvgIpc) is 3.53. The zero-order valence-corrected chi connectivity index (χ0v) is 17.6. The molecule has 0 aliphatic carbocycles. The van der Waals surface area contributed by atoms with E-state index in [9.17, 15) is 9.18 Å². The second kappa shape index (κ2) is 8.72. The average molecular weight is 447 g/mol. The van der Waals surface area contributed by atoms with Gasteiger partial charge in [-0.05, 0) is 36.4 Å². The molecule has 3 heterocycles. The third kappa shape index (κ3) is 4.15. The van der Waals surface area contributed by atoms with Gasteiger partial charge in [0.25, 0.3) is 0 Å². The van der Waals surface area contributed by atoms with Crippen LogP contribution in [-0.4, -0.2) is 31.4 Å². The summed E-state index contributed by atoms with van der Waals surface area (Å²) in [7, 11) is 0. The second-order valence-corrected chi connectivity index (χ2v) is 8.01. The van der Waals surface area contributed by atoms with Crippen molar-refractivity contribution in [1.82, 2.24) is 19.7 Å². The molecule has 3 aromatic heterocycles. The number of nitrogens with one attached hydrogen (secondary N) is 2. The molecule has 0 unspecified atom stereocenters. The van der Waals surface area contributed by atoms with Gasteiger partial charge in [0, 0.05) is 28.4 Å². The van der Waals surface area contributed by atoms with Crippen LogP contribution in [0, 0.1) is 5.82 Å². The summed E-state index contributed by atoms with van der Waals surface area (Å²) in [5, 5.41) is 13.0. The number of amides is 1. The van der Waals surface area contributed by atoms with Crippen molar-refractivity contribution in [2.45, 2.75) is 11.7 Å². The number of hydrogen-bond acceptors (Lipinski definition) is 5. The number of carbonyl (C=O) groups is 1. The molecule has 7 nitrogen and oxygen atoms in total. The summed E-state index contributed by atoms with van der Waals surface area (Å²) in [6.07, 6.45) is 3.52. The molecule has 0 atom stereocenters. The van der Waals surface area contributed by atoms with Gasteiger partial charge in [-0.25, -0.2) is 4.39 Å². The molecule has 5 rings (SSSR count). The van der Waals surface area contributed by atoms with Crippen molar-refractivity contribution in [2.24, 2.45) is 0 Å². The van der Waals surface area contributed by atoms with Crippen LogP contribution in [0.5, 0.6) is 0 Å². The maximum Gasteiger partial charge on any atom is 0.234 e. The number of anilines is 1. The van der Waals surface area contributed by atoms with Crippen molar-refractivity contribution in [3.8, 4) is 11.4 Å². The van der Waals surface area contributed by atoms with Gasteiger partial charge in [0.1, 0.15) is 11.6 Å². The summed E-state index contributed by atoms with van der Waals surface area (Å²) in [6, 6.07) is 17.4.